The van der Waals surface area contributed by atoms with Crippen molar-refractivity contribution in [2.75, 3.05) is 6.54 Å². The fourth-order valence-electron chi connectivity index (χ4n) is 2.37. The summed E-state index contributed by atoms with van der Waals surface area (Å²) in [7, 11) is 0. The lowest BCUT2D eigenvalue weighted by Gasteiger charge is -2.16. The first kappa shape index (κ1) is 9.55. The van der Waals surface area contributed by atoms with Crippen molar-refractivity contribution in [3.8, 4) is 0 Å². The first-order valence-corrected chi connectivity index (χ1v) is 5.67. The molecule has 0 spiro atoms. The largest absolute Gasteiger partial charge is 0.330 e. The highest BCUT2D eigenvalue weighted by atomic mass is 14.8. The van der Waals surface area contributed by atoms with Gasteiger partial charge in [0.05, 0.1) is 11.4 Å². The minimum absolute atomic E-state index is 0.386. The second kappa shape index (κ2) is 3.72. The molecule has 3 rings (SSSR count). The Balaban J connectivity index is 2.06. The first-order valence-electron chi connectivity index (χ1n) is 5.67. The zero-order valence-electron chi connectivity index (χ0n) is 9.06. The average Bonchev–Trinajstić information content (AvgIpc) is 2.69. The van der Waals surface area contributed by atoms with Gasteiger partial charge in [0.15, 0.2) is 0 Å². The lowest BCUT2D eigenvalue weighted by molar-refractivity contribution is 0.755. The van der Waals surface area contributed by atoms with Crippen molar-refractivity contribution in [1.82, 2.24) is 0 Å². The van der Waals surface area contributed by atoms with Crippen molar-refractivity contribution < 1.29 is 0 Å². The molecule has 1 heterocycles. The molecule has 2 aliphatic rings. The molecule has 1 unspecified atom stereocenters. The minimum atomic E-state index is 0.386. The van der Waals surface area contributed by atoms with Crippen molar-refractivity contribution >= 4 is 17.0 Å². The molecule has 2 N–H and O–H groups in total. The third kappa shape index (κ3) is 1.34. The number of aliphatic imine (C=N–C) groups is 1. The summed E-state index contributed by atoms with van der Waals surface area (Å²) < 4.78 is 0. The molecular weight excluding hydrogens is 196 g/mol. The van der Waals surface area contributed by atoms with Gasteiger partial charge in [-0.1, -0.05) is 36.4 Å². The fraction of sp³-hybridized carbons (Fsp3) is 0.214. The quantitative estimate of drug-likeness (QED) is 0.800. The summed E-state index contributed by atoms with van der Waals surface area (Å²) in [5.41, 5.74) is 10.4. The van der Waals surface area contributed by atoms with Gasteiger partial charge in [-0.25, -0.2) is 0 Å². The van der Waals surface area contributed by atoms with Gasteiger partial charge in [-0.05, 0) is 19.0 Å². The number of nitrogens with two attached hydrogens (primary N) is 1. The summed E-state index contributed by atoms with van der Waals surface area (Å²) >= 11 is 0. The van der Waals surface area contributed by atoms with Crippen LogP contribution in [-0.4, -0.2) is 12.3 Å². The molecule has 2 heteroatoms. The van der Waals surface area contributed by atoms with Crippen molar-refractivity contribution in [2.24, 2.45) is 16.6 Å². The zero-order chi connectivity index (χ0) is 11.0. The molecule has 0 bridgehead atoms. The maximum atomic E-state index is 5.64. The Morgan fingerprint density at radius 2 is 2.12 bits per heavy atom. The van der Waals surface area contributed by atoms with Crippen LogP contribution in [0.1, 0.15) is 12.0 Å². The molecule has 0 fully saturated rings. The van der Waals surface area contributed by atoms with Gasteiger partial charge < -0.3 is 5.73 Å². The number of para-hydroxylation sites is 1. The Kier molecular flexibility index (Phi) is 2.22. The molecule has 1 aromatic carbocycles. The van der Waals surface area contributed by atoms with Gasteiger partial charge in [0, 0.05) is 17.1 Å². The standard InChI is InChI=1S/C14H14N2/c15-9-8-10-4-3-6-12-11-5-1-2-7-13(11)16-14(10)12/h1-7,10H,8-9,15H2. The number of hydrogen-bond acceptors (Lipinski definition) is 2. The van der Waals surface area contributed by atoms with Gasteiger partial charge in [-0.3, -0.25) is 4.99 Å². The highest BCUT2D eigenvalue weighted by Gasteiger charge is 2.26. The second-order valence-electron chi connectivity index (χ2n) is 4.16. The van der Waals surface area contributed by atoms with Crippen LogP contribution >= 0.6 is 0 Å². The van der Waals surface area contributed by atoms with Gasteiger partial charge in [0.1, 0.15) is 0 Å². The fourth-order valence-corrected chi connectivity index (χ4v) is 2.37. The van der Waals surface area contributed by atoms with E-state index in [1.807, 2.05) is 6.07 Å². The van der Waals surface area contributed by atoms with E-state index >= 15 is 0 Å². The number of fused-ring (bicyclic) bond motifs is 3. The third-order valence-corrected chi connectivity index (χ3v) is 3.15. The van der Waals surface area contributed by atoms with Crippen LogP contribution in [0.5, 0.6) is 0 Å². The molecule has 1 atom stereocenters. The Bertz CT molecular complexity index is 509. The smallest absolute Gasteiger partial charge is 0.0712 e. The molecule has 1 aromatic rings. The van der Waals surface area contributed by atoms with Crippen LogP contribution in [0.4, 0.5) is 5.69 Å². The maximum Gasteiger partial charge on any atom is 0.0712 e. The molecule has 16 heavy (non-hydrogen) atoms. The third-order valence-electron chi connectivity index (χ3n) is 3.15. The van der Waals surface area contributed by atoms with E-state index in [2.05, 4.69) is 36.4 Å². The van der Waals surface area contributed by atoms with E-state index in [0.717, 1.165) is 12.1 Å². The van der Waals surface area contributed by atoms with Gasteiger partial charge in [-0.2, -0.15) is 0 Å². The molecule has 0 amide bonds. The molecule has 0 saturated heterocycles. The molecule has 0 aromatic heterocycles. The summed E-state index contributed by atoms with van der Waals surface area (Å²) in [6.45, 7) is 0.706. The number of benzene rings is 1. The van der Waals surface area contributed by atoms with Crippen molar-refractivity contribution in [3.05, 3.63) is 48.1 Å². The number of hydrogen-bond donors (Lipinski definition) is 1. The zero-order valence-corrected chi connectivity index (χ0v) is 9.06. The second-order valence-corrected chi connectivity index (χ2v) is 4.16. The van der Waals surface area contributed by atoms with Gasteiger partial charge in [-0.15, -0.1) is 0 Å². The summed E-state index contributed by atoms with van der Waals surface area (Å²) in [6, 6.07) is 8.30. The minimum Gasteiger partial charge on any atom is -0.330 e. The molecule has 80 valence electrons. The summed E-state index contributed by atoms with van der Waals surface area (Å²) in [6.07, 6.45) is 7.44. The highest BCUT2D eigenvalue weighted by Crippen LogP contribution is 2.39. The summed E-state index contributed by atoms with van der Waals surface area (Å²) in [5, 5.41) is 0. The van der Waals surface area contributed by atoms with E-state index in [1.54, 1.807) is 0 Å². The van der Waals surface area contributed by atoms with E-state index in [4.69, 9.17) is 10.7 Å². The molecule has 0 radical (unpaired) electrons. The highest BCUT2D eigenvalue weighted by molar-refractivity contribution is 6.31. The Morgan fingerprint density at radius 1 is 1.25 bits per heavy atom. The summed E-state index contributed by atoms with van der Waals surface area (Å²) in [4.78, 5) is 4.72. The normalized spacial score (nSPS) is 21.2. The lowest BCUT2D eigenvalue weighted by Crippen LogP contribution is -2.17. The van der Waals surface area contributed by atoms with Crippen LogP contribution in [0.25, 0.3) is 5.57 Å². The van der Waals surface area contributed by atoms with Crippen LogP contribution in [0.3, 0.4) is 0 Å². The molecular formula is C14H14N2. The molecule has 2 nitrogen and oxygen atoms in total. The van der Waals surface area contributed by atoms with Crippen LogP contribution < -0.4 is 5.73 Å². The molecule has 0 saturated carbocycles. The van der Waals surface area contributed by atoms with Gasteiger partial charge in [0.2, 0.25) is 0 Å². The van der Waals surface area contributed by atoms with Crippen LogP contribution in [-0.2, 0) is 0 Å². The lowest BCUT2D eigenvalue weighted by atomic mass is 9.87. The SMILES string of the molecule is NCCC1C=CC=C2C1=Nc1ccccc12. The van der Waals surface area contributed by atoms with Gasteiger partial charge in [0.25, 0.3) is 0 Å². The van der Waals surface area contributed by atoms with E-state index < -0.39 is 0 Å². The van der Waals surface area contributed by atoms with Gasteiger partial charge >= 0.3 is 0 Å². The Labute approximate surface area is 95.2 Å². The number of allylic oxidation sites excluding steroid dienone is 4. The van der Waals surface area contributed by atoms with E-state index in [0.29, 0.717) is 12.5 Å². The van der Waals surface area contributed by atoms with Crippen molar-refractivity contribution in [2.45, 2.75) is 6.42 Å². The van der Waals surface area contributed by atoms with E-state index in [9.17, 15) is 0 Å². The van der Waals surface area contributed by atoms with Crippen LogP contribution in [0.2, 0.25) is 0 Å². The van der Waals surface area contributed by atoms with E-state index in [1.165, 1.54) is 16.8 Å². The number of rotatable bonds is 2. The van der Waals surface area contributed by atoms with Crippen molar-refractivity contribution in [3.63, 3.8) is 0 Å². The Morgan fingerprint density at radius 3 is 3.00 bits per heavy atom. The first-order chi connectivity index (χ1) is 7.90. The van der Waals surface area contributed by atoms with Crippen molar-refractivity contribution in [1.29, 1.82) is 0 Å². The summed E-state index contributed by atoms with van der Waals surface area (Å²) in [5.74, 6) is 0.386. The van der Waals surface area contributed by atoms with E-state index in [-0.39, 0.29) is 0 Å². The predicted octanol–water partition coefficient (Wildman–Crippen LogP) is 2.69. The number of nitrogens with zero attached hydrogens (tertiary/aromatic N) is 1. The maximum absolute atomic E-state index is 5.64. The monoisotopic (exact) mass is 210 g/mol. The van der Waals surface area contributed by atoms with Crippen LogP contribution in [0.15, 0.2) is 47.5 Å². The predicted molar refractivity (Wildman–Crippen MR) is 67.8 cm³/mol. The average molecular weight is 210 g/mol. The Hall–Kier alpha value is -1.67. The molecule has 1 aliphatic carbocycles. The molecule has 1 aliphatic heterocycles. The van der Waals surface area contributed by atoms with Crippen LogP contribution in [0, 0.1) is 5.92 Å². The topological polar surface area (TPSA) is 38.4 Å².